The van der Waals surface area contributed by atoms with Crippen LogP contribution in [0.2, 0.25) is 5.22 Å². The first kappa shape index (κ1) is 16.6. The molecule has 24 heavy (non-hydrogen) atoms. The molecule has 2 aromatic rings. The van der Waals surface area contributed by atoms with E-state index in [9.17, 15) is 9.59 Å². The van der Waals surface area contributed by atoms with Crippen LogP contribution in [0.5, 0.6) is 0 Å². The van der Waals surface area contributed by atoms with Crippen molar-refractivity contribution in [2.24, 2.45) is 0 Å². The van der Waals surface area contributed by atoms with Gasteiger partial charge in [0.25, 0.3) is 11.8 Å². The molecule has 0 aliphatic carbocycles. The van der Waals surface area contributed by atoms with Crippen LogP contribution in [0.4, 0.5) is 5.69 Å². The SMILES string of the molecule is O=C(Nc1ccc(C(=O)N2CCCCCC2)cc1)c1ccc(Cl)o1. The molecule has 126 valence electrons. The van der Waals surface area contributed by atoms with Gasteiger partial charge < -0.3 is 14.6 Å². The maximum Gasteiger partial charge on any atom is 0.291 e. The summed E-state index contributed by atoms with van der Waals surface area (Å²) < 4.78 is 5.06. The van der Waals surface area contributed by atoms with Gasteiger partial charge in [0.05, 0.1) is 0 Å². The largest absolute Gasteiger partial charge is 0.440 e. The van der Waals surface area contributed by atoms with Gasteiger partial charge in [0.2, 0.25) is 0 Å². The second-order valence-corrected chi connectivity index (χ2v) is 6.21. The Balaban J connectivity index is 1.64. The highest BCUT2D eigenvalue weighted by atomic mass is 35.5. The lowest BCUT2D eigenvalue weighted by Crippen LogP contribution is -2.31. The monoisotopic (exact) mass is 346 g/mol. The number of hydrogen-bond acceptors (Lipinski definition) is 3. The summed E-state index contributed by atoms with van der Waals surface area (Å²) in [5.74, 6) is -0.189. The Hall–Kier alpha value is -2.27. The van der Waals surface area contributed by atoms with Gasteiger partial charge in [-0.15, -0.1) is 0 Å². The molecule has 0 spiro atoms. The molecule has 1 aromatic heterocycles. The summed E-state index contributed by atoms with van der Waals surface area (Å²) in [5.41, 5.74) is 1.23. The third kappa shape index (κ3) is 3.97. The first-order valence-electron chi connectivity index (χ1n) is 8.09. The van der Waals surface area contributed by atoms with Gasteiger partial charge in [0.1, 0.15) is 0 Å². The summed E-state index contributed by atoms with van der Waals surface area (Å²) >= 11 is 5.66. The summed E-state index contributed by atoms with van der Waals surface area (Å²) in [6.07, 6.45) is 4.49. The van der Waals surface area contributed by atoms with E-state index in [1.54, 1.807) is 24.3 Å². The number of nitrogens with zero attached hydrogens (tertiary/aromatic N) is 1. The molecule has 0 bridgehead atoms. The molecule has 1 saturated heterocycles. The molecule has 2 amide bonds. The standard InChI is InChI=1S/C18H19ClN2O3/c19-16-10-9-15(24-16)17(22)20-14-7-5-13(6-8-14)18(23)21-11-3-1-2-4-12-21/h5-10H,1-4,11-12H2,(H,20,22). The number of hydrogen-bond donors (Lipinski definition) is 1. The molecule has 0 radical (unpaired) electrons. The van der Waals surface area contributed by atoms with Crippen molar-refractivity contribution in [3.63, 3.8) is 0 Å². The number of likely N-dealkylation sites (tertiary alicyclic amines) is 1. The van der Waals surface area contributed by atoms with Gasteiger partial charge >= 0.3 is 0 Å². The molecular formula is C18H19ClN2O3. The van der Waals surface area contributed by atoms with Gasteiger partial charge in [-0.25, -0.2) is 0 Å². The number of anilines is 1. The van der Waals surface area contributed by atoms with Crippen LogP contribution in [0.1, 0.15) is 46.6 Å². The smallest absolute Gasteiger partial charge is 0.291 e. The fourth-order valence-corrected chi connectivity index (χ4v) is 2.93. The Morgan fingerprint density at radius 2 is 1.62 bits per heavy atom. The second-order valence-electron chi connectivity index (χ2n) is 5.84. The summed E-state index contributed by atoms with van der Waals surface area (Å²) in [6.45, 7) is 1.63. The zero-order chi connectivity index (χ0) is 16.9. The number of carbonyl (C=O) groups excluding carboxylic acids is 2. The molecule has 2 heterocycles. The number of rotatable bonds is 3. The van der Waals surface area contributed by atoms with Crippen molar-refractivity contribution in [1.82, 2.24) is 4.90 Å². The molecule has 6 heteroatoms. The van der Waals surface area contributed by atoms with Crippen molar-refractivity contribution in [3.05, 3.63) is 52.9 Å². The van der Waals surface area contributed by atoms with Crippen molar-refractivity contribution in [1.29, 1.82) is 0 Å². The van der Waals surface area contributed by atoms with E-state index in [-0.39, 0.29) is 22.8 Å². The van der Waals surface area contributed by atoms with E-state index in [1.165, 1.54) is 25.0 Å². The number of benzene rings is 1. The van der Waals surface area contributed by atoms with E-state index >= 15 is 0 Å². The Kier molecular flexibility index (Phi) is 5.20. The minimum absolute atomic E-state index is 0.0487. The lowest BCUT2D eigenvalue weighted by atomic mass is 10.1. The average molecular weight is 347 g/mol. The van der Waals surface area contributed by atoms with Crippen molar-refractivity contribution < 1.29 is 14.0 Å². The first-order chi connectivity index (χ1) is 11.6. The van der Waals surface area contributed by atoms with Gasteiger partial charge in [-0.1, -0.05) is 12.8 Å². The fourth-order valence-electron chi connectivity index (χ4n) is 2.78. The first-order valence-corrected chi connectivity index (χ1v) is 8.47. The molecule has 1 aliphatic rings. The Bertz CT molecular complexity index is 716. The quantitative estimate of drug-likeness (QED) is 0.905. The summed E-state index contributed by atoms with van der Waals surface area (Å²) in [4.78, 5) is 26.4. The predicted octanol–water partition coefficient (Wildman–Crippen LogP) is 4.20. The van der Waals surface area contributed by atoms with Crippen LogP contribution in [0, 0.1) is 0 Å². The van der Waals surface area contributed by atoms with E-state index in [0.717, 1.165) is 25.9 Å². The van der Waals surface area contributed by atoms with Crippen LogP contribution in [-0.4, -0.2) is 29.8 Å². The molecule has 1 fully saturated rings. The number of carbonyl (C=O) groups is 2. The van der Waals surface area contributed by atoms with E-state index in [2.05, 4.69) is 5.32 Å². The zero-order valence-corrected chi connectivity index (χ0v) is 14.0. The fraction of sp³-hybridized carbons (Fsp3) is 0.333. The maximum atomic E-state index is 12.5. The van der Waals surface area contributed by atoms with Gasteiger partial charge in [0.15, 0.2) is 11.0 Å². The van der Waals surface area contributed by atoms with Crippen molar-refractivity contribution in [2.75, 3.05) is 18.4 Å². The van der Waals surface area contributed by atoms with Crippen LogP contribution in [0.3, 0.4) is 0 Å². The predicted molar refractivity (Wildman–Crippen MR) is 92.5 cm³/mol. The van der Waals surface area contributed by atoms with Crippen molar-refractivity contribution >= 4 is 29.1 Å². The topological polar surface area (TPSA) is 62.6 Å². The van der Waals surface area contributed by atoms with Crippen LogP contribution >= 0.6 is 11.6 Å². The van der Waals surface area contributed by atoms with E-state index in [1.807, 2.05) is 4.90 Å². The van der Waals surface area contributed by atoms with Crippen molar-refractivity contribution in [3.8, 4) is 0 Å². The molecule has 5 nitrogen and oxygen atoms in total. The zero-order valence-electron chi connectivity index (χ0n) is 13.3. The molecule has 1 aliphatic heterocycles. The lowest BCUT2D eigenvalue weighted by molar-refractivity contribution is 0.0761. The molecule has 3 rings (SSSR count). The van der Waals surface area contributed by atoms with Crippen LogP contribution in [0.25, 0.3) is 0 Å². The minimum atomic E-state index is -0.381. The molecule has 1 aromatic carbocycles. The van der Waals surface area contributed by atoms with Crippen LogP contribution < -0.4 is 5.32 Å². The van der Waals surface area contributed by atoms with Crippen LogP contribution in [-0.2, 0) is 0 Å². The number of amides is 2. The average Bonchev–Trinajstić information content (AvgIpc) is 2.85. The van der Waals surface area contributed by atoms with E-state index in [4.69, 9.17) is 16.0 Å². The van der Waals surface area contributed by atoms with Gasteiger partial charge in [0, 0.05) is 24.3 Å². The summed E-state index contributed by atoms with van der Waals surface area (Å²) in [6, 6.07) is 9.92. The van der Waals surface area contributed by atoms with Gasteiger partial charge in [-0.2, -0.15) is 0 Å². The molecule has 0 saturated carbocycles. The summed E-state index contributed by atoms with van der Waals surface area (Å²) in [7, 11) is 0. The Morgan fingerprint density at radius 1 is 0.958 bits per heavy atom. The molecular weight excluding hydrogens is 328 g/mol. The van der Waals surface area contributed by atoms with Gasteiger partial charge in [-0.3, -0.25) is 9.59 Å². The van der Waals surface area contributed by atoms with Gasteiger partial charge in [-0.05, 0) is 60.8 Å². The highest BCUT2D eigenvalue weighted by molar-refractivity contribution is 6.29. The lowest BCUT2D eigenvalue weighted by Gasteiger charge is -2.20. The summed E-state index contributed by atoms with van der Waals surface area (Å²) in [5, 5.41) is 2.88. The molecule has 0 atom stereocenters. The molecule has 0 unspecified atom stereocenters. The van der Waals surface area contributed by atoms with Crippen molar-refractivity contribution in [2.45, 2.75) is 25.7 Å². The van der Waals surface area contributed by atoms with E-state index in [0.29, 0.717) is 11.3 Å². The highest BCUT2D eigenvalue weighted by Gasteiger charge is 2.17. The maximum absolute atomic E-state index is 12.5. The minimum Gasteiger partial charge on any atom is -0.440 e. The Morgan fingerprint density at radius 3 is 2.21 bits per heavy atom. The Labute approximate surface area is 145 Å². The number of furan rings is 1. The normalized spacial score (nSPS) is 15.0. The highest BCUT2D eigenvalue weighted by Crippen LogP contribution is 2.18. The third-order valence-corrected chi connectivity index (χ3v) is 4.28. The molecule has 1 N–H and O–H groups in total. The second kappa shape index (κ2) is 7.53. The van der Waals surface area contributed by atoms with Crippen LogP contribution in [0.15, 0.2) is 40.8 Å². The number of halogens is 1. The number of nitrogens with one attached hydrogen (secondary N) is 1. The van der Waals surface area contributed by atoms with E-state index < -0.39 is 0 Å². The third-order valence-electron chi connectivity index (χ3n) is 4.08.